The van der Waals surface area contributed by atoms with E-state index in [1.807, 2.05) is 6.07 Å². The summed E-state index contributed by atoms with van der Waals surface area (Å²) in [5.74, 6) is 0. The highest BCUT2D eigenvalue weighted by molar-refractivity contribution is 5.69. The Morgan fingerprint density at radius 2 is 2.00 bits per heavy atom. The topological polar surface area (TPSA) is 24.8 Å². The largest absolute Gasteiger partial charge is 0.483 e. The Kier molecular flexibility index (Phi) is 4.96. The van der Waals surface area contributed by atoms with E-state index in [9.17, 15) is 0 Å². The third-order valence-electron chi connectivity index (χ3n) is 4.60. The van der Waals surface area contributed by atoms with Gasteiger partial charge in [0.25, 0.3) is 0 Å². The zero-order valence-electron chi connectivity index (χ0n) is 13.9. The molecule has 1 unspecified atom stereocenters. The lowest BCUT2D eigenvalue weighted by molar-refractivity contribution is 0.324. The molecule has 0 spiro atoms. The van der Waals surface area contributed by atoms with E-state index in [2.05, 4.69) is 66.3 Å². The zero-order chi connectivity index (χ0) is 16.1. The molecule has 0 aliphatic carbocycles. The predicted octanol–water partition coefficient (Wildman–Crippen LogP) is 4.38. The van der Waals surface area contributed by atoms with Gasteiger partial charge in [0.05, 0.1) is 12.3 Å². The SMILES string of the molecule is CC1CCc2c(N=COCCc3ccccc3)cccc2N1C. The van der Waals surface area contributed by atoms with Crippen molar-refractivity contribution >= 4 is 17.8 Å². The Morgan fingerprint density at radius 1 is 1.17 bits per heavy atom. The van der Waals surface area contributed by atoms with Crippen LogP contribution in [-0.2, 0) is 17.6 Å². The molecular formula is C20H24N2O. The molecule has 1 heterocycles. The molecule has 0 saturated heterocycles. The second kappa shape index (κ2) is 7.32. The van der Waals surface area contributed by atoms with E-state index in [1.165, 1.54) is 23.2 Å². The van der Waals surface area contributed by atoms with Crippen LogP contribution in [0.15, 0.2) is 53.5 Å². The van der Waals surface area contributed by atoms with Gasteiger partial charge in [-0.15, -0.1) is 0 Å². The van der Waals surface area contributed by atoms with E-state index >= 15 is 0 Å². The van der Waals surface area contributed by atoms with E-state index in [1.54, 1.807) is 6.40 Å². The van der Waals surface area contributed by atoms with Gasteiger partial charge in [-0.05, 0) is 37.5 Å². The molecule has 0 fully saturated rings. The molecule has 0 radical (unpaired) electrons. The summed E-state index contributed by atoms with van der Waals surface area (Å²) < 4.78 is 5.58. The lowest BCUT2D eigenvalue weighted by Gasteiger charge is -2.34. The summed E-state index contributed by atoms with van der Waals surface area (Å²) in [6.45, 7) is 2.92. The van der Waals surface area contributed by atoms with Crippen LogP contribution in [0.1, 0.15) is 24.5 Å². The first-order valence-electron chi connectivity index (χ1n) is 8.28. The van der Waals surface area contributed by atoms with Crippen LogP contribution in [0.4, 0.5) is 11.4 Å². The molecule has 1 aliphatic heterocycles. The maximum atomic E-state index is 5.58. The fourth-order valence-corrected chi connectivity index (χ4v) is 3.02. The Morgan fingerprint density at radius 3 is 2.83 bits per heavy atom. The number of aliphatic imine (C=N–C) groups is 1. The van der Waals surface area contributed by atoms with E-state index in [-0.39, 0.29) is 0 Å². The van der Waals surface area contributed by atoms with Crippen LogP contribution < -0.4 is 4.90 Å². The Bertz CT molecular complexity index is 667. The lowest BCUT2D eigenvalue weighted by Crippen LogP contribution is -2.33. The quantitative estimate of drug-likeness (QED) is 0.465. The minimum absolute atomic E-state index is 0.587. The van der Waals surface area contributed by atoms with Crippen molar-refractivity contribution in [2.45, 2.75) is 32.2 Å². The normalized spacial score (nSPS) is 17.3. The molecule has 2 aromatic rings. The minimum Gasteiger partial charge on any atom is -0.483 e. The Balaban J connectivity index is 1.60. The van der Waals surface area contributed by atoms with Crippen molar-refractivity contribution in [1.29, 1.82) is 0 Å². The van der Waals surface area contributed by atoms with Crippen LogP contribution in [0.5, 0.6) is 0 Å². The van der Waals surface area contributed by atoms with Crippen molar-refractivity contribution < 1.29 is 4.74 Å². The Labute approximate surface area is 138 Å². The molecule has 1 aliphatic rings. The summed E-state index contributed by atoms with van der Waals surface area (Å²) in [6, 6.07) is 17.3. The van der Waals surface area contributed by atoms with Gasteiger partial charge in [-0.3, -0.25) is 0 Å². The number of fused-ring (bicyclic) bond motifs is 1. The number of anilines is 1. The summed E-state index contributed by atoms with van der Waals surface area (Å²) in [6.07, 6.45) is 4.75. The van der Waals surface area contributed by atoms with Crippen molar-refractivity contribution in [1.82, 2.24) is 0 Å². The second-order valence-corrected chi connectivity index (χ2v) is 6.11. The fourth-order valence-electron chi connectivity index (χ4n) is 3.02. The smallest absolute Gasteiger partial charge is 0.174 e. The van der Waals surface area contributed by atoms with Crippen LogP contribution in [0.25, 0.3) is 0 Å². The van der Waals surface area contributed by atoms with Crippen molar-refractivity contribution in [2.75, 3.05) is 18.6 Å². The van der Waals surface area contributed by atoms with Gasteiger partial charge in [0.15, 0.2) is 6.40 Å². The van der Waals surface area contributed by atoms with Crippen LogP contribution in [0.3, 0.4) is 0 Å². The van der Waals surface area contributed by atoms with Crippen molar-refractivity contribution in [3.05, 3.63) is 59.7 Å². The van der Waals surface area contributed by atoms with Gasteiger partial charge in [0.1, 0.15) is 0 Å². The number of hydrogen-bond acceptors (Lipinski definition) is 3. The molecule has 2 aromatic carbocycles. The average Bonchev–Trinajstić information content (AvgIpc) is 2.59. The van der Waals surface area contributed by atoms with Gasteiger partial charge < -0.3 is 9.64 Å². The first-order valence-corrected chi connectivity index (χ1v) is 8.28. The number of ether oxygens (including phenoxy) is 1. The lowest BCUT2D eigenvalue weighted by atomic mass is 9.96. The molecular weight excluding hydrogens is 284 g/mol. The van der Waals surface area contributed by atoms with Crippen molar-refractivity contribution in [3.63, 3.8) is 0 Å². The standard InChI is InChI=1S/C20H24N2O/c1-16-11-12-18-19(9-6-10-20(18)22(16)2)21-15-23-14-13-17-7-4-3-5-8-17/h3-10,15-16H,11-14H2,1-2H3. The van der Waals surface area contributed by atoms with E-state index in [0.717, 1.165) is 18.5 Å². The van der Waals surface area contributed by atoms with E-state index in [4.69, 9.17) is 4.74 Å². The highest BCUT2D eigenvalue weighted by Crippen LogP contribution is 2.35. The van der Waals surface area contributed by atoms with Crippen LogP contribution >= 0.6 is 0 Å². The molecule has 23 heavy (non-hydrogen) atoms. The maximum Gasteiger partial charge on any atom is 0.174 e. The molecule has 3 rings (SSSR count). The minimum atomic E-state index is 0.587. The maximum absolute atomic E-state index is 5.58. The van der Waals surface area contributed by atoms with Crippen molar-refractivity contribution in [3.8, 4) is 0 Å². The first kappa shape index (κ1) is 15.6. The van der Waals surface area contributed by atoms with Crippen LogP contribution in [-0.4, -0.2) is 26.1 Å². The summed E-state index contributed by atoms with van der Waals surface area (Å²) in [4.78, 5) is 6.88. The van der Waals surface area contributed by atoms with Gasteiger partial charge in [0.2, 0.25) is 0 Å². The highest BCUT2D eigenvalue weighted by atomic mass is 16.5. The highest BCUT2D eigenvalue weighted by Gasteiger charge is 2.21. The predicted molar refractivity (Wildman–Crippen MR) is 96.9 cm³/mol. The van der Waals surface area contributed by atoms with Gasteiger partial charge in [-0.1, -0.05) is 36.4 Å². The second-order valence-electron chi connectivity index (χ2n) is 6.11. The van der Waals surface area contributed by atoms with E-state index < -0.39 is 0 Å². The molecule has 1 atom stereocenters. The van der Waals surface area contributed by atoms with Gasteiger partial charge >= 0.3 is 0 Å². The zero-order valence-corrected chi connectivity index (χ0v) is 13.9. The molecule has 3 nitrogen and oxygen atoms in total. The van der Waals surface area contributed by atoms with E-state index in [0.29, 0.717) is 12.6 Å². The molecule has 120 valence electrons. The van der Waals surface area contributed by atoms with Gasteiger partial charge in [-0.2, -0.15) is 0 Å². The summed E-state index contributed by atoms with van der Waals surface area (Å²) >= 11 is 0. The van der Waals surface area contributed by atoms with Crippen LogP contribution in [0, 0.1) is 0 Å². The monoisotopic (exact) mass is 308 g/mol. The fraction of sp³-hybridized carbons (Fsp3) is 0.350. The first-order chi connectivity index (χ1) is 11.3. The average molecular weight is 308 g/mol. The molecule has 0 saturated carbocycles. The molecule has 0 aromatic heterocycles. The molecule has 0 amide bonds. The molecule has 0 N–H and O–H groups in total. The number of benzene rings is 2. The van der Waals surface area contributed by atoms with Crippen LogP contribution in [0.2, 0.25) is 0 Å². The number of nitrogens with zero attached hydrogens (tertiary/aromatic N) is 2. The summed E-state index contributed by atoms with van der Waals surface area (Å²) in [7, 11) is 2.16. The van der Waals surface area contributed by atoms with Gasteiger partial charge in [-0.25, -0.2) is 4.99 Å². The Hall–Kier alpha value is -2.29. The summed E-state index contributed by atoms with van der Waals surface area (Å²) in [5.41, 5.74) is 4.94. The van der Waals surface area contributed by atoms with Crippen molar-refractivity contribution in [2.24, 2.45) is 4.99 Å². The third kappa shape index (κ3) is 3.73. The summed E-state index contributed by atoms with van der Waals surface area (Å²) in [5, 5.41) is 0. The number of hydrogen-bond donors (Lipinski definition) is 0. The number of rotatable bonds is 5. The molecule has 0 bridgehead atoms. The third-order valence-corrected chi connectivity index (χ3v) is 4.60. The molecule has 3 heteroatoms. The van der Waals surface area contributed by atoms with Gasteiger partial charge in [0, 0.05) is 30.8 Å².